The van der Waals surface area contributed by atoms with Gasteiger partial charge in [0, 0.05) is 43.6 Å². The van der Waals surface area contributed by atoms with E-state index in [0.29, 0.717) is 13.1 Å². The van der Waals surface area contributed by atoms with E-state index in [4.69, 9.17) is 0 Å². The average Bonchev–Trinajstić information content (AvgIpc) is 2.77. The number of benzene rings is 1. The number of amides is 2. The van der Waals surface area contributed by atoms with Crippen LogP contribution in [0.4, 0.5) is 11.5 Å². The Bertz CT molecular complexity index is 827. The molecule has 2 aromatic rings. The van der Waals surface area contributed by atoms with Crippen molar-refractivity contribution in [2.75, 3.05) is 23.3 Å². The van der Waals surface area contributed by atoms with Gasteiger partial charge in [-0.15, -0.1) is 0 Å². The summed E-state index contributed by atoms with van der Waals surface area (Å²) >= 11 is 0. The number of anilines is 2. The second-order valence-corrected chi connectivity index (χ2v) is 7.57. The zero-order chi connectivity index (χ0) is 20.6. The maximum absolute atomic E-state index is 12.7. The molecule has 29 heavy (non-hydrogen) atoms. The summed E-state index contributed by atoms with van der Waals surface area (Å²) < 4.78 is 0. The van der Waals surface area contributed by atoms with Crippen LogP contribution in [-0.4, -0.2) is 34.9 Å². The first-order chi connectivity index (χ1) is 14.1. The maximum atomic E-state index is 12.7. The van der Waals surface area contributed by atoms with Gasteiger partial charge in [-0.2, -0.15) is 0 Å². The molecule has 0 bridgehead atoms. The summed E-state index contributed by atoms with van der Waals surface area (Å²) in [4.78, 5) is 35.3. The molecule has 2 N–H and O–H groups in total. The summed E-state index contributed by atoms with van der Waals surface area (Å²) in [6.07, 6.45) is 7.68. The highest BCUT2D eigenvalue weighted by Crippen LogP contribution is 2.21. The standard InChI is InChI=1S/C22H29N5O2/c1-3-16(2)21(28)26-19-8-4-6-17(12-19)13-25-22(29)18-7-5-11-27(15-18)20-14-23-9-10-24-20/h4,6,8-10,12,14,16,18H,3,5,7,11,13,15H2,1-2H3,(H,25,29)(H,26,28). The minimum atomic E-state index is -0.0703. The highest BCUT2D eigenvalue weighted by atomic mass is 16.2. The van der Waals surface area contributed by atoms with E-state index in [2.05, 4.69) is 25.5 Å². The van der Waals surface area contributed by atoms with E-state index >= 15 is 0 Å². The first kappa shape index (κ1) is 20.8. The SMILES string of the molecule is CCC(C)C(=O)Nc1cccc(CNC(=O)C2CCCN(c3cnccn3)C2)c1. The lowest BCUT2D eigenvalue weighted by molar-refractivity contribution is -0.125. The Morgan fingerprint density at radius 3 is 2.93 bits per heavy atom. The van der Waals surface area contributed by atoms with Crippen LogP contribution < -0.4 is 15.5 Å². The van der Waals surface area contributed by atoms with Gasteiger partial charge in [0.05, 0.1) is 12.1 Å². The smallest absolute Gasteiger partial charge is 0.227 e. The lowest BCUT2D eigenvalue weighted by Gasteiger charge is -2.32. The second-order valence-electron chi connectivity index (χ2n) is 7.57. The third-order valence-corrected chi connectivity index (χ3v) is 5.39. The number of hydrogen-bond donors (Lipinski definition) is 2. The second kappa shape index (κ2) is 10.0. The van der Waals surface area contributed by atoms with Gasteiger partial charge in [0.2, 0.25) is 11.8 Å². The monoisotopic (exact) mass is 395 g/mol. The molecular formula is C22H29N5O2. The van der Waals surface area contributed by atoms with E-state index in [1.807, 2.05) is 38.1 Å². The molecule has 1 aromatic heterocycles. The van der Waals surface area contributed by atoms with Crippen LogP contribution in [0.1, 0.15) is 38.7 Å². The molecule has 154 valence electrons. The molecule has 1 saturated heterocycles. The van der Waals surface area contributed by atoms with E-state index in [1.165, 1.54) is 0 Å². The molecule has 7 nitrogen and oxygen atoms in total. The molecule has 0 aliphatic carbocycles. The van der Waals surface area contributed by atoms with Crippen molar-refractivity contribution in [2.45, 2.75) is 39.7 Å². The number of carbonyl (C=O) groups is 2. The Morgan fingerprint density at radius 1 is 1.31 bits per heavy atom. The summed E-state index contributed by atoms with van der Waals surface area (Å²) in [5.41, 5.74) is 1.72. The summed E-state index contributed by atoms with van der Waals surface area (Å²) in [6.45, 7) is 5.88. The molecule has 7 heteroatoms. The van der Waals surface area contributed by atoms with Crippen LogP contribution >= 0.6 is 0 Å². The van der Waals surface area contributed by atoms with Crippen molar-refractivity contribution in [3.05, 3.63) is 48.4 Å². The van der Waals surface area contributed by atoms with Crippen molar-refractivity contribution in [3.63, 3.8) is 0 Å². The summed E-state index contributed by atoms with van der Waals surface area (Å²) in [5.74, 6) is 0.781. The molecule has 0 radical (unpaired) electrons. The van der Waals surface area contributed by atoms with Crippen molar-refractivity contribution in [1.82, 2.24) is 15.3 Å². The summed E-state index contributed by atoms with van der Waals surface area (Å²) in [5, 5.41) is 5.98. The number of nitrogens with zero attached hydrogens (tertiary/aromatic N) is 3. The van der Waals surface area contributed by atoms with Gasteiger partial charge >= 0.3 is 0 Å². The van der Waals surface area contributed by atoms with E-state index in [-0.39, 0.29) is 23.7 Å². The van der Waals surface area contributed by atoms with Crippen LogP contribution in [0, 0.1) is 11.8 Å². The van der Waals surface area contributed by atoms with Crippen molar-refractivity contribution < 1.29 is 9.59 Å². The number of rotatable bonds is 7. The first-order valence-electron chi connectivity index (χ1n) is 10.2. The zero-order valence-electron chi connectivity index (χ0n) is 17.1. The number of carbonyl (C=O) groups excluding carboxylic acids is 2. The lowest BCUT2D eigenvalue weighted by atomic mass is 9.97. The molecule has 1 aliphatic heterocycles. The van der Waals surface area contributed by atoms with E-state index in [0.717, 1.165) is 42.9 Å². The predicted octanol–water partition coefficient (Wildman–Crippen LogP) is 2.99. The topological polar surface area (TPSA) is 87.2 Å². The predicted molar refractivity (Wildman–Crippen MR) is 113 cm³/mol. The molecule has 1 aliphatic rings. The number of hydrogen-bond acceptors (Lipinski definition) is 5. The number of piperidine rings is 1. The van der Waals surface area contributed by atoms with Gasteiger partial charge in [0.1, 0.15) is 5.82 Å². The minimum absolute atomic E-state index is 0.0139. The van der Waals surface area contributed by atoms with Crippen LogP contribution in [0.25, 0.3) is 0 Å². The fraction of sp³-hybridized carbons (Fsp3) is 0.455. The minimum Gasteiger partial charge on any atom is -0.355 e. The van der Waals surface area contributed by atoms with Gasteiger partial charge in [-0.05, 0) is 37.0 Å². The van der Waals surface area contributed by atoms with Crippen LogP contribution in [0.15, 0.2) is 42.9 Å². The highest BCUT2D eigenvalue weighted by molar-refractivity contribution is 5.92. The zero-order valence-corrected chi connectivity index (χ0v) is 17.1. The van der Waals surface area contributed by atoms with Gasteiger partial charge in [-0.1, -0.05) is 26.0 Å². The maximum Gasteiger partial charge on any atom is 0.227 e. The molecule has 3 rings (SSSR count). The van der Waals surface area contributed by atoms with Crippen molar-refractivity contribution >= 4 is 23.3 Å². The number of aromatic nitrogens is 2. The third kappa shape index (κ3) is 5.76. The molecule has 0 spiro atoms. The molecule has 1 aromatic carbocycles. The molecule has 0 saturated carbocycles. The molecular weight excluding hydrogens is 366 g/mol. The largest absolute Gasteiger partial charge is 0.355 e. The molecule has 2 heterocycles. The van der Waals surface area contributed by atoms with Crippen LogP contribution in [0.5, 0.6) is 0 Å². The van der Waals surface area contributed by atoms with Crippen LogP contribution in [0.3, 0.4) is 0 Å². The fourth-order valence-corrected chi connectivity index (χ4v) is 3.40. The first-order valence-corrected chi connectivity index (χ1v) is 10.2. The molecule has 1 fully saturated rings. The average molecular weight is 396 g/mol. The Hall–Kier alpha value is -2.96. The van der Waals surface area contributed by atoms with Gasteiger partial charge in [-0.25, -0.2) is 4.98 Å². The van der Waals surface area contributed by atoms with Crippen LogP contribution in [0.2, 0.25) is 0 Å². The highest BCUT2D eigenvalue weighted by Gasteiger charge is 2.26. The van der Waals surface area contributed by atoms with Gasteiger partial charge in [0.15, 0.2) is 0 Å². The quantitative estimate of drug-likeness (QED) is 0.753. The molecule has 2 unspecified atom stereocenters. The van der Waals surface area contributed by atoms with Crippen LogP contribution in [-0.2, 0) is 16.1 Å². The Balaban J connectivity index is 1.54. The van der Waals surface area contributed by atoms with Gasteiger partial charge in [0.25, 0.3) is 0 Å². The normalized spacial score (nSPS) is 17.4. The Labute approximate surface area is 171 Å². The van der Waals surface area contributed by atoms with Crippen molar-refractivity contribution in [1.29, 1.82) is 0 Å². The van der Waals surface area contributed by atoms with Gasteiger partial charge in [-0.3, -0.25) is 14.6 Å². The summed E-state index contributed by atoms with van der Waals surface area (Å²) in [6, 6.07) is 7.62. The Kier molecular flexibility index (Phi) is 7.16. The summed E-state index contributed by atoms with van der Waals surface area (Å²) in [7, 11) is 0. The molecule has 2 amide bonds. The lowest BCUT2D eigenvalue weighted by Crippen LogP contribution is -2.43. The fourth-order valence-electron chi connectivity index (χ4n) is 3.40. The third-order valence-electron chi connectivity index (χ3n) is 5.39. The van der Waals surface area contributed by atoms with E-state index < -0.39 is 0 Å². The number of nitrogens with one attached hydrogen (secondary N) is 2. The van der Waals surface area contributed by atoms with Crippen molar-refractivity contribution in [2.24, 2.45) is 11.8 Å². The van der Waals surface area contributed by atoms with E-state index in [1.54, 1.807) is 18.6 Å². The van der Waals surface area contributed by atoms with E-state index in [9.17, 15) is 9.59 Å². The van der Waals surface area contributed by atoms with Gasteiger partial charge < -0.3 is 15.5 Å². The van der Waals surface area contributed by atoms with Crippen molar-refractivity contribution in [3.8, 4) is 0 Å². The Morgan fingerprint density at radius 2 is 2.17 bits per heavy atom. The molecule has 2 atom stereocenters.